The minimum Gasteiger partial charge on any atom is -0.508 e. The molecule has 3 nitrogen and oxygen atoms in total. The maximum absolute atomic E-state index is 9.84. The van der Waals surface area contributed by atoms with Crippen LogP contribution in [0.3, 0.4) is 0 Å². The van der Waals surface area contributed by atoms with Crippen LogP contribution in [0.5, 0.6) is 5.75 Å². The maximum Gasteiger partial charge on any atom is 0.117 e. The zero-order chi connectivity index (χ0) is 12.4. The minimum atomic E-state index is -0.501. The number of hydrogen-bond donors (Lipinski definition) is 2. The number of rotatable bonds is 3. The number of benzene rings is 1. The summed E-state index contributed by atoms with van der Waals surface area (Å²) in [6, 6.07) is 5.19. The summed E-state index contributed by atoms with van der Waals surface area (Å²) in [5.41, 5.74) is 1.98. The summed E-state index contributed by atoms with van der Waals surface area (Å²) in [5.74, 6) is 0.248. The summed E-state index contributed by atoms with van der Waals surface area (Å²) < 4.78 is 5.27. The third-order valence-corrected chi connectivity index (χ3v) is 3.30. The number of aromatic hydroxyl groups is 1. The first-order chi connectivity index (χ1) is 8.06. The highest BCUT2D eigenvalue weighted by molar-refractivity contribution is 7.13. The van der Waals surface area contributed by atoms with Crippen molar-refractivity contribution in [1.29, 1.82) is 0 Å². The lowest BCUT2D eigenvalue weighted by Crippen LogP contribution is -2.07. The number of aliphatic hydroxyl groups is 1. The Labute approximate surface area is 104 Å². The lowest BCUT2D eigenvalue weighted by molar-refractivity contribution is 0.222. The van der Waals surface area contributed by atoms with E-state index in [-0.39, 0.29) is 5.75 Å². The second-order valence-electron chi connectivity index (χ2n) is 4.33. The van der Waals surface area contributed by atoms with Gasteiger partial charge in [-0.15, -0.1) is 0 Å². The molecule has 1 unspecified atom stereocenters. The molecule has 2 N–H and O–H groups in total. The summed E-state index contributed by atoms with van der Waals surface area (Å²) in [6.45, 7) is 3.92. The van der Waals surface area contributed by atoms with Crippen molar-refractivity contribution in [3.8, 4) is 5.75 Å². The summed E-state index contributed by atoms with van der Waals surface area (Å²) >= 11 is 1.35. The van der Waals surface area contributed by atoms with Crippen LogP contribution < -0.4 is 0 Å². The van der Waals surface area contributed by atoms with Gasteiger partial charge in [0.2, 0.25) is 0 Å². The highest BCUT2D eigenvalue weighted by atomic mass is 32.1. The first kappa shape index (κ1) is 12.1. The number of aromatic nitrogens is 1. The number of phenols is 1. The molecule has 1 aromatic heterocycles. The van der Waals surface area contributed by atoms with Crippen molar-refractivity contribution in [2.24, 2.45) is 0 Å². The van der Waals surface area contributed by atoms with Crippen LogP contribution in [0.25, 0.3) is 10.1 Å². The van der Waals surface area contributed by atoms with E-state index in [2.05, 4.69) is 4.37 Å². The number of phenolic OH excluding ortho intramolecular Hbond substituents is 1. The van der Waals surface area contributed by atoms with E-state index in [1.165, 1.54) is 11.5 Å². The van der Waals surface area contributed by atoms with Crippen molar-refractivity contribution in [2.75, 3.05) is 0 Å². The Morgan fingerprint density at radius 2 is 2.24 bits per heavy atom. The van der Waals surface area contributed by atoms with Crippen LogP contribution in [0.4, 0.5) is 0 Å². The van der Waals surface area contributed by atoms with E-state index in [0.717, 1.165) is 21.4 Å². The van der Waals surface area contributed by atoms with E-state index >= 15 is 0 Å². The van der Waals surface area contributed by atoms with E-state index in [1.54, 1.807) is 12.1 Å². The highest BCUT2D eigenvalue weighted by Crippen LogP contribution is 2.27. The van der Waals surface area contributed by atoms with Crippen molar-refractivity contribution >= 4 is 21.6 Å². The van der Waals surface area contributed by atoms with Crippen LogP contribution >= 0.6 is 11.5 Å². The Morgan fingerprint density at radius 3 is 2.94 bits per heavy atom. The van der Waals surface area contributed by atoms with Gasteiger partial charge < -0.3 is 10.2 Å². The fourth-order valence-corrected chi connectivity index (χ4v) is 2.61. The van der Waals surface area contributed by atoms with Crippen molar-refractivity contribution in [3.05, 3.63) is 35.5 Å². The van der Waals surface area contributed by atoms with Crippen LogP contribution in [0, 0.1) is 0 Å². The molecule has 1 atom stereocenters. The van der Waals surface area contributed by atoms with Gasteiger partial charge in [0.05, 0.1) is 16.5 Å². The predicted molar refractivity (Wildman–Crippen MR) is 70.4 cm³/mol. The van der Waals surface area contributed by atoms with Gasteiger partial charge in [0, 0.05) is 11.8 Å². The number of aliphatic hydroxyl groups excluding tert-OH is 1. The largest absolute Gasteiger partial charge is 0.508 e. The molecule has 0 saturated heterocycles. The van der Waals surface area contributed by atoms with E-state index in [1.807, 2.05) is 26.0 Å². The average Bonchev–Trinajstić information content (AvgIpc) is 2.59. The molecular formula is C13H15NO2S. The third kappa shape index (κ3) is 2.84. The molecular weight excluding hydrogens is 234 g/mol. The van der Waals surface area contributed by atoms with Gasteiger partial charge in [0.15, 0.2) is 0 Å². The zero-order valence-electron chi connectivity index (χ0n) is 9.84. The molecule has 0 bridgehead atoms. The molecule has 0 amide bonds. The summed E-state index contributed by atoms with van der Waals surface area (Å²) in [4.78, 5) is 0. The van der Waals surface area contributed by atoms with Crippen molar-refractivity contribution in [3.63, 3.8) is 0 Å². The van der Waals surface area contributed by atoms with Crippen LogP contribution in [-0.2, 0) is 6.42 Å². The molecule has 4 heteroatoms. The molecule has 90 valence electrons. The molecule has 0 saturated carbocycles. The smallest absolute Gasteiger partial charge is 0.117 e. The molecule has 0 aliphatic carbocycles. The van der Waals surface area contributed by atoms with Crippen LogP contribution in [0.2, 0.25) is 0 Å². The van der Waals surface area contributed by atoms with Gasteiger partial charge in [-0.05, 0) is 43.6 Å². The van der Waals surface area contributed by atoms with Gasteiger partial charge in [-0.3, -0.25) is 0 Å². The Balaban J connectivity index is 2.28. The highest BCUT2D eigenvalue weighted by Gasteiger charge is 2.10. The zero-order valence-corrected chi connectivity index (χ0v) is 10.7. The Morgan fingerprint density at radius 1 is 1.47 bits per heavy atom. The normalized spacial score (nSPS) is 12.6. The molecule has 2 aromatic rings. The Kier molecular flexibility index (Phi) is 3.45. The minimum absolute atomic E-state index is 0.248. The van der Waals surface area contributed by atoms with Gasteiger partial charge in [-0.1, -0.05) is 11.6 Å². The van der Waals surface area contributed by atoms with Crippen LogP contribution in [0.1, 0.15) is 19.5 Å². The second-order valence-corrected chi connectivity index (χ2v) is 5.13. The van der Waals surface area contributed by atoms with E-state index < -0.39 is 6.10 Å². The quantitative estimate of drug-likeness (QED) is 0.822. The van der Waals surface area contributed by atoms with E-state index in [0.29, 0.717) is 6.42 Å². The first-order valence-electron chi connectivity index (χ1n) is 5.46. The Hall–Kier alpha value is -1.39. The standard InChI is InChI=1S/C13H15NO2S/c1-8(2)5-10(16)6-12-11-4-3-9(15)7-13(11)17-14-12/h3-5,7,10,15-16H,6H2,1-2H3. The fourth-order valence-electron chi connectivity index (χ4n) is 1.77. The fraction of sp³-hybridized carbons (Fsp3) is 0.308. The SMILES string of the molecule is CC(C)=CC(O)Cc1nsc2cc(O)ccc12. The van der Waals surface area contributed by atoms with Crippen molar-refractivity contribution in [2.45, 2.75) is 26.4 Å². The van der Waals surface area contributed by atoms with Gasteiger partial charge in [-0.2, -0.15) is 4.37 Å². The second kappa shape index (κ2) is 4.85. The van der Waals surface area contributed by atoms with Gasteiger partial charge in [0.1, 0.15) is 5.75 Å². The lowest BCUT2D eigenvalue weighted by atomic mass is 10.1. The molecule has 0 fully saturated rings. The molecule has 17 heavy (non-hydrogen) atoms. The molecule has 0 aliphatic heterocycles. The first-order valence-corrected chi connectivity index (χ1v) is 6.24. The van der Waals surface area contributed by atoms with Crippen molar-refractivity contribution in [1.82, 2.24) is 4.37 Å². The third-order valence-electron chi connectivity index (χ3n) is 2.46. The summed E-state index contributed by atoms with van der Waals surface area (Å²) in [5, 5.41) is 20.2. The lowest BCUT2D eigenvalue weighted by Gasteiger charge is -2.04. The molecule has 0 aliphatic rings. The topological polar surface area (TPSA) is 53.4 Å². The number of hydrogen-bond acceptors (Lipinski definition) is 4. The molecule has 1 heterocycles. The average molecular weight is 249 g/mol. The van der Waals surface area contributed by atoms with E-state index in [4.69, 9.17) is 0 Å². The van der Waals surface area contributed by atoms with Crippen LogP contribution in [-0.4, -0.2) is 20.7 Å². The number of nitrogens with zero attached hydrogens (tertiary/aromatic N) is 1. The summed E-state index contributed by atoms with van der Waals surface area (Å²) in [6.07, 6.45) is 1.83. The Bertz CT molecular complexity index is 556. The summed E-state index contributed by atoms with van der Waals surface area (Å²) in [7, 11) is 0. The van der Waals surface area contributed by atoms with Gasteiger partial charge >= 0.3 is 0 Å². The number of allylic oxidation sites excluding steroid dienone is 1. The van der Waals surface area contributed by atoms with Gasteiger partial charge in [0.25, 0.3) is 0 Å². The predicted octanol–water partition coefficient (Wildman–Crippen LogP) is 2.87. The molecule has 0 radical (unpaired) electrons. The van der Waals surface area contributed by atoms with Gasteiger partial charge in [-0.25, -0.2) is 0 Å². The monoisotopic (exact) mass is 249 g/mol. The van der Waals surface area contributed by atoms with E-state index in [9.17, 15) is 10.2 Å². The molecule has 1 aromatic carbocycles. The molecule has 2 rings (SSSR count). The van der Waals surface area contributed by atoms with Crippen LogP contribution in [0.15, 0.2) is 29.8 Å². The molecule has 0 spiro atoms. The number of fused-ring (bicyclic) bond motifs is 1. The maximum atomic E-state index is 9.84. The van der Waals surface area contributed by atoms with Crippen molar-refractivity contribution < 1.29 is 10.2 Å².